The molecule has 2 rings (SSSR count). The molecule has 1 aliphatic carbocycles. The first-order valence-corrected chi connectivity index (χ1v) is 4.99. The van der Waals surface area contributed by atoms with E-state index in [2.05, 4.69) is 27.5 Å². The van der Waals surface area contributed by atoms with Gasteiger partial charge in [0.15, 0.2) is 0 Å². The Hall–Kier alpha value is -0.970. The molecule has 13 heavy (non-hydrogen) atoms. The smallest absolute Gasteiger partial charge is 0.323 e. The fourth-order valence-electron chi connectivity index (χ4n) is 1.40. The molecule has 70 valence electrons. The Bertz CT molecular complexity index is 288. The van der Waals surface area contributed by atoms with E-state index in [1.54, 1.807) is 11.8 Å². The van der Waals surface area contributed by atoms with Gasteiger partial charge in [-0.05, 0) is 6.42 Å². The molecule has 4 nitrogen and oxygen atoms in total. The summed E-state index contributed by atoms with van der Waals surface area (Å²) in [6, 6.07) is 0. The highest BCUT2D eigenvalue weighted by atomic mass is 32.2. The molecule has 0 radical (unpaired) electrons. The van der Waals surface area contributed by atoms with Gasteiger partial charge < -0.3 is 5.32 Å². The largest absolute Gasteiger partial charge is 0.433 e. The van der Waals surface area contributed by atoms with Crippen molar-refractivity contribution >= 4 is 22.9 Å². The number of thioether (sulfide) groups is 1. The molecule has 2 bridgehead atoms. The Kier molecular flexibility index (Phi) is 2.26. The number of nitrogens with one attached hydrogen (secondary N) is 1. The summed E-state index contributed by atoms with van der Waals surface area (Å²) in [4.78, 5) is 15.3. The summed E-state index contributed by atoms with van der Waals surface area (Å²) in [5.74, 6) is 0.375. The topological polar surface area (TPSA) is 50.7 Å². The standard InChI is InChI=1S/C8H10N2O2S/c1-9-8(11)12-10-7-5-2-3-6(4-5)13-7/h2-3,5-6H,4H2,1H3,(H,9,11)/b10-7+. The lowest BCUT2D eigenvalue weighted by molar-refractivity contribution is 0.153. The molecule has 5 heteroatoms. The average Bonchev–Trinajstić information content (AvgIpc) is 2.74. The van der Waals surface area contributed by atoms with Gasteiger partial charge in [0.2, 0.25) is 0 Å². The quantitative estimate of drug-likeness (QED) is 0.393. The van der Waals surface area contributed by atoms with Crippen LogP contribution in [-0.2, 0) is 4.84 Å². The molecule has 1 fully saturated rings. The molecule has 2 aliphatic rings. The van der Waals surface area contributed by atoms with E-state index in [9.17, 15) is 4.79 Å². The van der Waals surface area contributed by atoms with Crippen LogP contribution in [-0.4, -0.2) is 23.4 Å². The lowest BCUT2D eigenvalue weighted by Gasteiger charge is -2.04. The van der Waals surface area contributed by atoms with Gasteiger partial charge in [0.1, 0.15) is 5.04 Å². The second kappa shape index (κ2) is 3.41. The normalized spacial score (nSPS) is 32.5. The van der Waals surface area contributed by atoms with Crippen LogP contribution in [0.2, 0.25) is 0 Å². The van der Waals surface area contributed by atoms with Crippen molar-refractivity contribution in [2.75, 3.05) is 7.05 Å². The zero-order valence-electron chi connectivity index (χ0n) is 7.19. The first-order valence-electron chi connectivity index (χ1n) is 4.11. The Balaban J connectivity index is 1.95. The maximum Gasteiger partial charge on any atom is 0.433 e. The van der Waals surface area contributed by atoms with E-state index in [1.165, 1.54) is 7.05 Å². The van der Waals surface area contributed by atoms with Crippen molar-refractivity contribution in [2.45, 2.75) is 11.7 Å². The second-order valence-corrected chi connectivity index (χ2v) is 4.20. The Morgan fingerprint density at radius 2 is 2.62 bits per heavy atom. The summed E-state index contributed by atoms with van der Waals surface area (Å²) >= 11 is 1.67. The monoisotopic (exact) mass is 198 g/mol. The summed E-state index contributed by atoms with van der Waals surface area (Å²) < 4.78 is 0. The summed E-state index contributed by atoms with van der Waals surface area (Å²) in [5, 5.41) is 7.58. The van der Waals surface area contributed by atoms with E-state index in [0.717, 1.165) is 11.5 Å². The highest BCUT2D eigenvalue weighted by molar-refractivity contribution is 8.15. The maximum atomic E-state index is 10.7. The van der Waals surface area contributed by atoms with Crippen molar-refractivity contribution in [1.29, 1.82) is 0 Å². The molecule has 0 aromatic heterocycles. The third kappa shape index (κ3) is 1.70. The third-order valence-electron chi connectivity index (χ3n) is 2.06. The Morgan fingerprint density at radius 3 is 3.15 bits per heavy atom. The Morgan fingerprint density at radius 1 is 1.77 bits per heavy atom. The molecule has 0 aromatic carbocycles. The van der Waals surface area contributed by atoms with Crippen LogP contribution in [0.25, 0.3) is 0 Å². The van der Waals surface area contributed by atoms with E-state index in [0.29, 0.717) is 11.2 Å². The molecule has 2 unspecified atom stereocenters. The zero-order valence-corrected chi connectivity index (χ0v) is 8.00. The van der Waals surface area contributed by atoms with Crippen LogP contribution in [0.1, 0.15) is 6.42 Å². The molecule has 0 saturated carbocycles. The van der Waals surface area contributed by atoms with Crippen molar-refractivity contribution < 1.29 is 9.63 Å². The predicted octanol–water partition coefficient (Wildman–Crippen LogP) is 1.35. The number of hydrogen-bond donors (Lipinski definition) is 1. The number of carbonyl (C=O) groups is 1. The lowest BCUT2D eigenvalue weighted by Crippen LogP contribution is -2.17. The van der Waals surface area contributed by atoms with Crippen LogP contribution >= 0.6 is 11.8 Å². The van der Waals surface area contributed by atoms with Crippen LogP contribution < -0.4 is 5.32 Å². The average molecular weight is 198 g/mol. The lowest BCUT2D eigenvalue weighted by atomic mass is 10.1. The van der Waals surface area contributed by atoms with Crippen LogP contribution in [0.4, 0.5) is 4.79 Å². The fourth-order valence-corrected chi connectivity index (χ4v) is 2.61. The maximum absolute atomic E-state index is 10.7. The molecule has 0 spiro atoms. The van der Waals surface area contributed by atoms with Crippen molar-refractivity contribution in [1.82, 2.24) is 5.32 Å². The van der Waals surface area contributed by atoms with Crippen molar-refractivity contribution in [3.8, 4) is 0 Å². The highest BCUT2D eigenvalue weighted by Gasteiger charge is 2.33. The van der Waals surface area contributed by atoms with Crippen LogP contribution in [0, 0.1) is 5.92 Å². The number of allylic oxidation sites excluding steroid dienone is 1. The third-order valence-corrected chi connectivity index (χ3v) is 3.33. The van der Waals surface area contributed by atoms with Crippen LogP contribution in [0.3, 0.4) is 0 Å². The number of hydrogen-bond acceptors (Lipinski definition) is 4. The number of oxime groups is 1. The summed E-state index contributed by atoms with van der Waals surface area (Å²) in [6.07, 6.45) is 4.88. The summed E-state index contributed by atoms with van der Waals surface area (Å²) in [7, 11) is 1.51. The van der Waals surface area contributed by atoms with Gasteiger partial charge in [-0.3, -0.25) is 4.84 Å². The van der Waals surface area contributed by atoms with E-state index < -0.39 is 6.09 Å². The minimum absolute atomic E-state index is 0.375. The summed E-state index contributed by atoms with van der Waals surface area (Å²) in [5.41, 5.74) is 0. The van der Waals surface area contributed by atoms with Crippen molar-refractivity contribution in [2.24, 2.45) is 11.1 Å². The minimum Gasteiger partial charge on any atom is -0.323 e. The van der Waals surface area contributed by atoms with Gasteiger partial charge in [-0.25, -0.2) is 4.79 Å². The Labute approximate surface area is 80.4 Å². The van der Waals surface area contributed by atoms with Crippen molar-refractivity contribution in [3.05, 3.63) is 12.2 Å². The van der Waals surface area contributed by atoms with E-state index in [4.69, 9.17) is 0 Å². The molecule has 1 heterocycles. The first kappa shape index (κ1) is 8.62. The van der Waals surface area contributed by atoms with Gasteiger partial charge in [0.05, 0.1) is 0 Å². The number of fused-ring (bicyclic) bond motifs is 2. The van der Waals surface area contributed by atoms with Gasteiger partial charge in [-0.1, -0.05) is 29.1 Å². The molecular formula is C8H10N2O2S. The predicted molar refractivity (Wildman–Crippen MR) is 51.6 cm³/mol. The zero-order chi connectivity index (χ0) is 9.26. The molecule has 1 N–H and O–H groups in total. The SMILES string of the molecule is CNC(=O)O/N=C1/SC2C=CC1C2. The van der Waals surface area contributed by atoms with Gasteiger partial charge in [-0.2, -0.15) is 0 Å². The minimum atomic E-state index is -0.514. The first-order chi connectivity index (χ1) is 6.29. The van der Waals surface area contributed by atoms with Gasteiger partial charge in [0.25, 0.3) is 0 Å². The van der Waals surface area contributed by atoms with E-state index >= 15 is 0 Å². The number of amides is 1. The van der Waals surface area contributed by atoms with Crippen LogP contribution in [0.5, 0.6) is 0 Å². The molecule has 2 atom stereocenters. The highest BCUT2D eigenvalue weighted by Crippen LogP contribution is 2.40. The van der Waals surface area contributed by atoms with Gasteiger partial charge >= 0.3 is 6.09 Å². The van der Waals surface area contributed by atoms with Gasteiger partial charge in [-0.15, -0.1) is 0 Å². The van der Waals surface area contributed by atoms with Gasteiger partial charge in [0, 0.05) is 18.2 Å². The van der Waals surface area contributed by atoms with E-state index in [1.807, 2.05) is 0 Å². The molecule has 1 amide bonds. The summed E-state index contributed by atoms with van der Waals surface area (Å²) in [6.45, 7) is 0. The molecule has 1 saturated heterocycles. The number of carbonyl (C=O) groups excluding carboxylic acids is 1. The molecular weight excluding hydrogens is 188 g/mol. The van der Waals surface area contributed by atoms with E-state index in [-0.39, 0.29) is 0 Å². The van der Waals surface area contributed by atoms with Crippen LogP contribution in [0.15, 0.2) is 17.3 Å². The second-order valence-electron chi connectivity index (χ2n) is 2.94. The molecule has 0 aromatic rings. The molecule has 1 aliphatic heterocycles. The van der Waals surface area contributed by atoms with Crippen molar-refractivity contribution in [3.63, 3.8) is 0 Å². The fraction of sp³-hybridized carbons (Fsp3) is 0.500. The number of nitrogens with zero attached hydrogens (tertiary/aromatic N) is 1. The number of rotatable bonds is 1.